The van der Waals surface area contributed by atoms with Crippen LogP contribution in [0.2, 0.25) is 0 Å². The Labute approximate surface area is 169 Å². The molecule has 0 spiro atoms. The first-order valence-electron chi connectivity index (χ1n) is 8.82. The van der Waals surface area contributed by atoms with Crippen LogP contribution in [0.5, 0.6) is 11.5 Å². The molecule has 0 aliphatic carbocycles. The zero-order chi connectivity index (χ0) is 22.1. The standard InChI is InChI=1S/C21H17F4N3O2/c1-11-5-4-6-14(9-11)28-20(29)18-12(2)19(21(23,24)25)26-10-16(18)30-15-7-8-17(22)27-13(15)3/h4-10H,1-3H3,(H,28,29). The zero-order valence-corrected chi connectivity index (χ0v) is 16.3. The summed E-state index contributed by atoms with van der Waals surface area (Å²) < 4.78 is 58.9. The summed E-state index contributed by atoms with van der Waals surface area (Å²) in [4.78, 5) is 20.0. The van der Waals surface area contributed by atoms with E-state index in [1.165, 1.54) is 13.0 Å². The maximum atomic E-state index is 13.4. The van der Waals surface area contributed by atoms with Gasteiger partial charge in [-0.05, 0) is 56.2 Å². The molecule has 0 unspecified atom stereocenters. The van der Waals surface area contributed by atoms with Crippen molar-refractivity contribution in [3.8, 4) is 11.5 Å². The van der Waals surface area contributed by atoms with Gasteiger partial charge in [0.05, 0.1) is 17.5 Å². The lowest BCUT2D eigenvalue weighted by molar-refractivity contribution is -0.141. The number of nitrogens with zero attached hydrogens (tertiary/aromatic N) is 2. The molecule has 0 saturated carbocycles. The summed E-state index contributed by atoms with van der Waals surface area (Å²) >= 11 is 0. The molecule has 156 valence electrons. The van der Waals surface area contributed by atoms with E-state index in [4.69, 9.17) is 4.74 Å². The number of carbonyl (C=O) groups excluding carboxylic acids is 1. The van der Waals surface area contributed by atoms with Crippen LogP contribution in [-0.4, -0.2) is 15.9 Å². The Hall–Kier alpha value is -3.49. The highest BCUT2D eigenvalue weighted by atomic mass is 19.4. The molecule has 1 amide bonds. The number of halogens is 4. The first kappa shape index (κ1) is 21.2. The number of nitrogens with one attached hydrogen (secondary N) is 1. The van der Waals surface area contributed by atoms with Gasteiger partial charge >= 0.3 is 6.18 Å². The Morgan fingerprint density at radius 2 is 1.80 bits per heavy atom. The van der Waals surface area contributed by atoms with Gasteiger partial charge in [-0.15, -0.1) is 0 Å². The number of pyridine rings is 2. The van der Waals surface area contributed by atoms with Crippen LogP contribution in [0.4, 0.5) is 23.2 Å². The van der Waals surface area contributed by atoms with E-state index < -0.39 is 29.3 Å². The maximum Gasteiger partial charge on any atom is 0.433 e. The fraction of sp³-hybridized carbons (Fsp3) is 0.190. The molecule has 0 bridgehead atoms. The van der Waals surface area contributed by atoms with Gasteiger partial charge in [-0.25, -0.2) is 9.97 Å². The number of alkyl halides is 3. The van der Waals surface area contributed by atoms with E-state index in [0.717, 1.165) is 24.8 Å². The maximum absolute atomic E-state index is 13.4. The van der Waals surface area contributed by atoms with Crippen LogP contribution in [0.3, 0.4) is 0 Å². The average Bonchev–Trinajstić information content (AvgIpc) is 2.63. The van der Waals surface area contributed by atoms with E-state index >= 15 is 0 Å². The van der Waals surface area contributed by atoms with E-state index in [0.29, 0.717) is 5.69 Å². The van der Waals surface area contributed by atoms with Gasteiger partial charge < -0.3 is 10.1 Å². The third-order valence-electron chi connectivity index (χ3n) is 4.28. The summed E-state index contributed by atoms with van der Waals surface area (Å²) in [5.74, 6) is -1.66. The molecule has 0 atom stereocenters. The SMILES string of the molecule is Cc1cccc(NC(=O)c2c(Oc3ccc(F)nc3C)cnc(C(F)(F)F)c2C)c1. The van der Waals surface area contributed by atoms with Gasteiger partial charge in [0.15, 0.2) is 5.75 Å². The summed E-state index contributed by atoms with van der Waals surface area (Å²) in [6, 6.07) is 9.12. The van der Waals surface area contributed by atoms with Crippen molar-refractivity contribution < 1.29 is 27.1 Å². The number of anilines is 1. The lowest BCUT2D eigenvalue weighted by Crippen LogP contribution is -2.19. The number of benzene rings is 1. The van der Waals surface area contributed by atoms with Crippen LogP contribution in [0.1, 0.15) is 32.9 Å². The Kier molecular flexibility index (Phi) is 5.73. The number of aromatic nitrogens is 2. The highest BCUT2D eigenvalue weighted by molar-refractivity contribution is 6.07. The summed E-state index contributed by atoms with van der Waals surface area (Å²) in [5, 5.41) is 2.58. The molecule has 5 nitrogen and oxygen atoms in total. The number of amides is 1. The summed E-state index contributed by atoms with van der Waals surface area (Å²) in [6.45, 7) is 4.42. The number of ether oxygens (including phenoxy) is 1. The fourth-order valence-corrected chi connectivity index (χ4v) is 2.89. The van der Waals surface area contributed by atoms with Gasteiger partial charge in [0, 0.05) is 5.69 Å². The Morgan fingerprint density at radius 1 is 1.07 bits per heavy atom. The molecule has 0 fully saturated rings. The second-order valence-electron chi connectivity index (χ2n) is 6.61. The monoisotopic (exact) mass is 419 g/mol. The summed E-state index contributed by atoms with van der Waals surface area (Å²) in [6.07, 6.45) is -3.93. The molecule has 1 N–H and O–H groups in total. The van der Waals surface area contributed by atoms with Crippen LogP contribution >= 0.6 is 0 Å². The second kappa shape index (κ2) is 8.10. The first-order chi connectivity index (χ1) is 14.1. The lowest BCUT2D eigenvalue weighted by Gasteiger charge is -2.17. The molecule has 3 aromatic rings. The van der Waals surface area contributed by atoms with Gasteiger partial charge in [0.1, 0.15) is 11.4 Å². The van der Waals surface area contributed by atoms with Crippen molar-refractivity contribution >= 4 is 11.6 Å². The van der Waals surface area contributed by atoms with E-state index in [9.17, 15) is 22.4 Å². The number of hydrogen-bond acceptors (Lipinski definition) is 4. The van der Waals surface area contributed by atoms with E-state index in [2.05, 4.69) is 15.3 Å². The highest BCUT2D eigenvalue weighted by Crippen LogP contribution is 2.36. The largest absolute Gasteiger partial charge is 0.453 e. The molecule has 1 aromatic carbocycles. The second-order valence-corrected chi connectivity index (χ2v) is 6.61. The van der Waals surface area contributed by atoms with Gasteiger partial charge in [0.25, 0.3) is 5.91 Å². The van der Waals surface area contributed by atoms with Gasteiger partial charge in [-0.1, -0.05) is 12.1 Å². The van der Waals surface area contributed by atoms with Crippen molar-refractivity contribution in [2.45, 2.75) is 26.9 Å². The van der Waals surface area contributed by atoms with E-state index in [-0.39, 0.29) is 22.8 Å². The number of aryl methyl sites for hydroxylation is 2. The van der Waals surface area contributed by atoms with Crippen LogP contribution in [0.25, 0.3) is 0 Å². The van der Waals surface area contributed by atoms with Crippen molar-refractivity contribution in [2.75, 3.05) is 5.32 Å². The minimum absolute atomic E-state index is 0.0852. The molecule has 0 saturated heterocycles. The Bertz CT molecular complexity index is 1110. The third-order valence-corrected chi connectivity index (χ3v) is 4.28. The topological polar surface area (TPSA) is 64.1 Å². The van der Waals surface area contributed by atoms with Crippen molar-refractivity contribution in [1.82, 2.24) is 9.97 Å². The lowest BCUT2D eigenvalue weighted by atomic mass is 10.1. The van der Waals surface area contributed by atoms with Crippen molar-refractivity contribution in [3.05, 3.63) is 76.6 Å². The van der Waals surface area contributed by atoms with E-state index in [1.54, 1.807) is 18.2 Å². The number of rotatable bonds is 4. The smallest absolute Gasteiger partial charge is 0.433 e. The van der Waals surface area contributed by atoms with Crippen LogP contribution in [-0.2, 0) is 6.18 Å². The molecule has 0 radical (unpaired) electrons. The summed E-state index contributed by atoms with van der Waals surface area (Å²) in [5.41, 5.74) is -0.480. The predicted molar refractivity (Wildman–Crippen MR) is 102 cm³/mol. The van der Waals surface area contributed by atoms with Gasteiger partial charge in [-0.2, -0.15) is 17.6 Å². The molecular weight excluding hydrogens is 402 g/mol. The van der Waals surface area contributed by atoms with Crippen LogP contribution in [0.15, 0.2) is 42.6 Å². The number of hydrogen-bond donors (Lipinski definition) is 1. The predicted octanol–water partition coefficient (Wildman–Crippen LogP) is 5.60. The molecule has 30 heavy (non-hydrogen) atoms. The zero-order valence-electron chi connectivity index (χ0n) is 16.3. The van der Waals surface area contributed by atoms with Crippen LogP contribution < -0.4 is 10.1 Å². The van der Waals surface area contributed by atoms with E-state index in [1.807, 2.05) is 13.0 Å². The van der Waals surface area contributed by atoms with Gasteiger partial charge in [-0.3, -0.25) is 4.79 Å². The molecule has 0 aliphatic rings. The third kappa shape index (κ3) is 4.56. The number of carbonyl (C=O) groups is 1. The van der Waals surface area contributed by atoms with Gasteiger partial charge in [0.2, 0.25) is 5.95 Å². The molecular formula is C21H17F4N3O2. The molecule has 3 rings (SSSR count). The quantitative estimate of drug-likeness (QED) is 0.441. The first-order valence-corrected chi connectivity index (χ1v) is 8.82. The Morgan fingerprint density at radius 3 is 2.43 bits per heavy atom. The average molecular weight is 419 g/mol. The molecule has 2 heterocycles. The fourth-order valence-electron chi connectivity index (χ4n) is 2.89. The minimum atomic E-state index is -4.76. The highest BCUT2D eigenvalue weighted by Gasteiger charge is 2.37. The Balaban J connectivity index is 2.08. The molecule has 2 aromatic heterocycles. The minimum Gasteiger partial charge on any atom is -0.453 e. The normalized spacial score (nSPS) is 11.3. The summed E-state index contributed by atoms with van der Waals surface area (Å²) in [7, 11) is 0. The van der Waals surface area contributed by atoms with Crippen molar-refractivity contribution in [1.29, 1.82) is 0 Å². The van der Waals surface area contributed by atoms with Crippen LogP contribution in [0, 0.1) is 26.7 Å². The molecule has 0 aliphatic heterocycles. The molecule has 9 heteroatoms. The van der Waals surface area contributed by atoms with Crippen molar-refractivity contribution in [3.63, 3.8) is 0 Å². The van der Waals surface area contributed by atoms with Crippen molar-refractivity contribution in [2.24, 2.45) is 0 Å².